The minimum atomic E-state index is -4.18. The Kier molecular flexibility index (Phi) is 3.34. The van der Waals surface area contributed by atoms with Gasteiger partial charge in [-0.15, -0.1) is 15.7 Å². The summed E-state index contributed by atoms with van der Waals surface area (Å²) in [5, 5.41) is 4.75. The van der Waals surface area contributed by atoms with E-state index in [4.69, 9.17) is 0 Å². The number of amides is 1. The molecule has 0 fully saturated rings. The van der Waals surface area contributed by atoms with Crippen molar-refractivity contribution in [1.29, 1.82) is 0 Å². The van der Waals surface area contributed by atoms with Crippen LogP contribution in [0.1, 0.15) is 16.2 Å². The van der Waals surface area contributed by atoms with Gasteiger partial charge in [-0.25, -0.2) is 4.98 Å². The summed E-state index contributed by atoms with van der Waals surface area (Å²) in [6.07, 6.45) is 0. The predicted octanol–water partition coefficient (Wildman–Crippen LogP) is 1.90. The fourth-order valence-corrected chi connectivity index (χ4v) is 4.62. The van der Waals surface area contributed by atoms with Crippen LogP contribution in [-0.4, -0.2) is 35.8 Å². The number of rotatable bonds is 2. The van der Waals surface area contributed by atoms with Crippen molar-refractivity contribution in [3.05, 3.63) is 41.0 Å². The molecule has 3 aromatic rings. The third-order valence-electron chi connectivity index (χ3n) is 3.62. The number of Topliss-reactive ketones (excluding diaryl/α,β-unsaturated/α-hetero) is 1. The SMILES string of the molecule is Cc1csc(NC(=O)C2=NS(=O)(=O)c3c([nH]c4ccccc34)C2=O)n1. The Bertz CT molecular complexity index is 1190. The number of aromatic amines is 1. The summed E-state index contributed by atoms with van der Waals surface area (Å²) in [5.74, 6) is -1.68. The second kappa shape index (κ2) is 5.33. The summed E-state index contributed by atoms with van der Waals surface area (Å²) in [5.41, 5.74) is 0.336. The molecule has 2 aromatic heterocycles. The highest BCUT2D eigenvalue weighted by Crippen LogP contribution is 2.32. The molecule has 3 heterocycles. The fourth-order valence-electron chi connectivity index (χ4n) is 2.58. The van der Waals surface area contributed by atoms with Gasteiger partial charge in [-0.3, -0.25) is 14.9 Å². The van der Waals surface area contributed by atoms with E-state index >= 15 is 0 Å². The average molecular weight is 374 g/mol. The number of H-pyrrole nitrogens is 1. The Hall–Kier alpha value is -2.85. The lowest BCUT2D eigenvalue weighted by molar-refractivity contribution is -0.110. The number of nitrogens with one attached hydrogen (secondary N) is 2. The van der Waals surface area contributed by atoms with Gasteiger partial charge in [0.25, 0.3) is 15.9 Å². The van der Waals surface area contributed by atoms with Crippen LogP contribution in [0.25, 0.3) is 10.9 Å². The summed E-state index contributed by atoms with van der Waals surface area (Å²) in [6, 6.07) is 6.59. The van der Waals surface area contributed by atoms with Crippen LogP contribution in [0.5, 0.6) is 0 Å². The van der Waals surface area contributed by atoms with E-state index in [0.717, 1.165) is 0 Å². The van der Waals surface area contributed by atoms with Gasteiger partial charge >= 0.3 is 0 Å². The molecule has 4 rings (SSSR count). The van der Waals surface area contributed by atoms with Crippen LogP contribution in [0.2, 0.25) is 0 Å². The zero-order chi connectivity index (χ0) is 17.8. The lowest BCUT2D eigenvalue weighted by atomic mass is 10.1. The normalized spacial score (nSPS) is 15.7. The number of carbonyl (C=O) groups excluding carboxylic acids is 2. The number of para-hydroxylation sites is 1. The third-order valence-corrected chi connectivity index (χ3v) is 5.86. The van der Waals surface area contributed by atoms with Crippen molar-refractivity contribution in [2.75, 3.05) is 5.32 Å². The van der Waals surface area contributed by atoms with E-state index in [-0.39, 0.29) is 15.7 Å². The van der Waals surface area contributed by atoms with Crippen LogP contribution in [0.4, 0.5) is 5.13 Å². The molecule has 8 nitrogen and oxygen atoms in total. The lowest BCUT2D eigenvalue weighted by Crippen LogP contribution is -2.34. The molecule has 0 radical (unpaired) electrons. The first-order valence-corrected chi connectivity index (χ1v) is 9.42. The van der Waals surface area contributed by atoms with Crippen LogP contribution < -0.4 is 5.32 Å². The maximum absolute atomic E-state index is 12.6. The first kappa shape index (κ1) is 15.7. The van der Waals surface area contributed by atoms with E-state index < -0.39 is 27.4 Å². The monoisotopic (exact) mass is 374 g/mol. The zero-order valence-corrected chi connectivity index (χ0v) is 14.4. The van der Waals surface area contributed by atoms with Crippen LogP contribution in [-0.2, 0) is 14.8 Å². The molecule has 1 aromatic carbocycles. The van der Waals surface area contributed by atoms with Gasteiger partial charge in [-0.2, -0.15) is 8.42 Å². The van der Waals surface area contributed by atoms with Crippen LogP contribution in [0.15, 0.2) is 38.9 Å². The van der Waals surface area contributed by atoms with Gasteiger partial charge in [0.2, 0.25) is 5.78 Å². The number of hydrogen-bond donors (Lipinski definition) is 2. The number of aryl methyl sites for hydroxylation is 1. The number of ketones is 1. The highest BCUT2D eigenvalue weighted by molar-refractivity contribution is 7.91. The number of anilines is 1. The van der Waals surface area contributed by atoms with Gasteiger partial charge in [-0.05, 0) is 13.0 Å². The Morgan fingerprint density at radius 2 is 2.04 bits per heavy atom. The summed E-state index contributed by atoms with van der Waals surface area (Å²) in [4.78, 5) is 31.6. The smallest absolute Gasteiger partial charge is 0.286 e. The van der Waals surface area contributed by atoms with Gasteiger partial charge in [0.15, 0.2) is 10.8 Å². The number of hydrogen-bond acceptors (Lipinski definition) is 6. The molecular weight excluding hydrogens is 364 g/mol. The van der Waals surface area contributed by atoms with Crippen molar-refractivity contribution in [3.8, 4) is 0 Å². The molecule has 10 heteroatoms. The van der Waals surface area contributed by atoms with Crippen LogP contribution in [0.3, 0.4) is 0 Å². The molecule has 0 spiro atoms. The molecule has 0 saturated heterocycles. The Labute approximate surface area is 145 Å². The van der Waals surface area contributed by atoms with Gasteiger partial charge in [0, 0.05) is 16.3 Å². The van der Waals surface area contributed by atoms with Gasteiger partial charge in [-0.1, -0.05) is 18.2 Å². The minimum absolute atomic E-state index is 0.156. The van der Waals surface area contributed by atoms with Gasteiger partial charge < -0.3 is 4.98 Å². The molecule has 0 aliphatic carbocycles. The first-order chi connectivity index (χ1) is 11.9. The number of nitrogens with zero attached hydrogens (tertiary/aromatic N) is 2. The van der Waals surface area contributed by atoms with E-state index in [1.807, 2.05) is 0 Å². The second-order valence-electron chi connectivity index (χ2n) is 5.37. The number of benzene rings is 1. The predicted molar refractivity (Wildman–Crippen MR) is 92.7 cm³/mol. The van der Waals surface area contributed by atoms with Crippen molar-refractivity contribution in [2.24, 2.45) is 4.40 Å². The molecule has 0 unspecified atom stereocenters. The van der Waals surface area contributed by atoms with Crippen molar-refractivity contribution < 1.29 is 18.0 Å². The average Bonchev–Trinajstić information content (AvgIpc) is 3.15. The van der Waals surface area contributed by atoms with E-state index in [9.17, 15) is 18.0 Å². The van der Waals surface area contributed by atoms with Crippen molar-refractivity contribution >= 4 is 54.8 Å². The first-order valence-electron chi connectivity index (χ1n) is 7.10. The largest absolute Gasteiger partial charge is 0.351 e. The molecule has 0 bridgehead atoms. The number of sulfonamides is 1. The summed E-state index contributed by atoms with van der Waals surface area (Å²) < 4.78 is 28.5. The van der Waals surface area contributed by atoms with E-state index in [1.54, 1.807) is 36.6 Å². The number of aromatic nitrogens is 2. The molecule has 1 amide bonds. The molecule has 1 aliphatic heterocycles. The highest BCUT2D eigenvalue weighted by atomic mass is 32.2. The standard InChI is InChI=1S/C15H10N4O4S2/c1-7-6-24-15(16-7)18-14(21)11-12(20)10-13(25(22,23)19-11)8-4-2-3-5-9(8)17-10/h2-6,17H,1H3,(H,16,18,21). The molecule has 0 saturated carbocycles. The maximum atomic E-state index is 12.6. The van der Waals surface area contributed by atoms with E-state index in [1.165, 1.54) is 11.3 Å². The minimum Gasteiger partial charge on any atom is -0.351 e. The van der Waals surface area contributed by atoms with Crippen molar-refractivity contribution in [1.82, 2.24) is 9.97 Å². The maximum Gasteiger partial charge on any atom is 0.286 e. The highest BCUT2D eigenvalue weighted by Gasteiger charge is 2.38. The Balaban J connectivity index is 1.80. The van der Waals surface area contributed by atoms with Crippen LogP contribution in [0, 0.1) is 6.92 Å². The third kappa shape index (κ3) is 2.46. The number of carbonyl (C=O) groups is 2. The number of thiazole rings is 1. The van der Waals surface area contributed by atoms with Crippen LogP contribution >= 0.6 is 11.3 Å². The zero-order valence-electron chi connectivity index (χ0n) is 12.7. The van der Waals surface area contributed by atoms with E-state index in [0.29, 0.717) is 16.6 Å². The molecule has 126 valence electrons. The van der Waals surface area contributed by atoms with Gasteiger partial charge in [0.05, 0.1) is 5.69 Å². The van der Waals surface area contributed by atoms with Crippen molar-refractivity contribution in [2.45, 2.75) is 11.8 Å². The Morgan fingerprint density at radius 1 is 1.28 bits per heavy atom. The summed E-state index contributed by atoms with van der Waals surface area (Å²) >= 11 is 1.17. The molecular formula is C15H10N4O4S2. The number of fused-ring (bicyclic) bond motifs is 3. The lowest BCUT2D eigenvalue weighted by Gasteiger charge is -2.11. The summed E-state index contributed by atoms with van der Waals surface area (Å²) in [6.45, 7) is 1.75. The van der Waals surface area contributed by atoms with Gasteiger partial charge in [0.1, 0.15) is 10.6 Å². The summed E-state index contributed by atoms with van der Waals surface area (Å²) in [7, 11) is -4.18. The van der Waals surface area contributed by atoms with E-state index in [2.05, 4.69) is 19.7 Å². The quantitative estimate of drug-likeness (QED) is 0.709. The fraction of sp³-hybridized carbons (Fsp3) is 0.0667. The molecule has 0 atom stereocenters. The second-order valence-corrected chi connectivity index (χ2v) is 7.77. The Morgan fingerprint density at radius 3 is 2.76 bits per heavy atom. The molecule has 25 heavy (non-hydrogen) atoms. The topological polar surface area (TPSA) is 121 Å². The van der Waals surface area contributed by atoms with Crippen molar-refractivity contribution in [3.63, 3.8) is 0 Å². The molecule has 2 N–H and O–H groups in total. The molecule has 1 aliphatic rings.